The number of rotatable bonds is 6. The fourth-order valence-corrected chi connectivity index (χ4v) is 5.04. The summed E-state index contributed by atoms with van der Waals surface area (Å²) in [6.07, 6.45) is 8.14. The highest BCUT2D eigenvalue weighted by atomic mass is 32.1. The number of nitrogens with zero attached hydrogens (tertiary/aromatic N) is 6. The van der Waals surface area contributed by atoms with Crippen LogP contribution in [-0.2, 0) is 19.4 Å². The molecule has 0 aliphatic heterocycles. The van der Waals surface area contributed by atoms with Crippen LogP contribution in [0.5, 0.6) is 0 Å². The number of aryl methyl sites for hydroxylation is 2. The largest absolute Gasteiger partial charge is 0.419 e. The van der Waals surface area contributed by atoms with E-state index in [-0.39, 0.29) is 6.04 Å². The monoisotopic (exact) mass is 420 g/mol. The van der Waals surface area contributed by atoms with Gasteiger partial charge in [-0.3, -0.25) is 4.90 Å². The smallest absolute Gasteiger partial charge is 0.257 e. The molecule has 0 spiro atoms. The third-order valence-electron chi connectivity index (χ3n) is 5.78. The van der Waals surface area contributed by atoms with Crippen molar-refractivity contribution in [2.24, 2.45) is 0 Å². The molecule has 3 heterocycles. The molecule has 0 saturated carbocycles. The summed E-state index contributed by atoms with van der Waals surface area (Å²) in [6, 6.07) is 10.8. The van der Waals surface area contributed by atoms with Crippen molar-refractivity contribution >= 4 is 11.3 Å². The third-order valence-corrected chi connectivity index (χ3v) is 7.00. The lowest BCUT2D eigenvalue weighted by molar-refractivity contribution is 0.228. The van der Waals surface area contributed by atoms with Gasteiger partial charge >= 0.3 is 0 Å². The number of fused-ring (bicyclic) bond motifs is 1. The van der Waals surface area contributed by atoms with Gasteiger partial charge in [-0.15, -0.1) is 21.5 Å². The lowest BCUT2D eigenvalue weighted by Crippen LogP contribution is -2.22. The van der Waals surface area contributed by atoms with Gasteiger partial charge in [0.25, 0.3) is 5.89 Å². The van der Waals surface area contributed by atoms with Gasteiger partial charge in [-0.05, 0) is 69.0 Å². The van der Waals surface area contributed by atoms with Crippen molar-refractivity contribution in [2.75, 3.05) is 7.05 Å². The minimum Gasteiger partial charge on any atom is -0.419 e. The molecule has 4 aromatic rings. The van der Waals surface area contributed by atoms with Crippen LogP contribution in [-0.4, -0.2) is 36.9 Å². The lowest BCUT2D eigenvalue weighted by Gasteiger charge is -2.23. The summed E-state index contributed by atoms with van der Waals surface area (Å²) < 4.78 is 7.75. The topological polar surface area (TPSA) is 72.9 Å². The number of hydrogen-bond donors (Lipinski definition) is 0. The van der Waals surface area contributed by atoms with Crippen LogP contribution in [0.3, 0.4) is 0 Å². The number of aromatic nitrogens is 5. The van der Waals surface area contributed by atoms with Crippen LogP contribution < -0.4 is 0 Å². The van der Waals surface area contributed by atoms with Crippen LogP contribution in [0.4, 0.5) is 0 Å². The Morgan fingerprint density at radius 1 is 1.17 bits per heavy atom. The molecule has 1 aliphatic rings. The predicted octanol–water partition coefficient (Wildman–Crippen LogP) is 4.45. The predicted molar refractivity (Wildman–Crippen MR) is 115 cm³/mol. The second-order valence-electron chi connectivity index (χ2n) is 7.79. The first-order valence-corrected chi connectivity index (χ1v) is 11.1. The maximum absolute atomic E-state index is 6.00. The van der Waals surface area contributed by atoms with E-state index in [0.717, 1.165) is 10.6 Å². The van der Waals surface area contributed by atoms with Gasteiger partial charge in [0.1, 0.15) is 12.7 Å². The third kappa shape index (κ3) is 3.80. The second kappa shape index (κ2) is 8.12. The van der Waals surface area contributed by atoms with Gasteiger partial charge in [0.2, 0.25) is 5.89 Å². The lowest BCUT2D eigenvalue weighted by atomic mass is 9.99. The minimum absolute atomic E-state index is 0.208. The van der Waals surface area contributed by atoms with Gasteiger partial charge in [-0.2, -0.15) is 5.10 Å². The number of thiophene rings is 1. The maximum Gasteiger partial charge on any atom is 0.257 e. The summed E-state index contributed by atoms with van der Waals surface area (Å²) >= 11 is 1.80. The van der Waals surface area contributed by atoms with E-state index >= 15 is 0 Å². The van der Waals surface area contributed by atoms with Crippen LogP contribution in [0.15, 0.2) is 47.4 Å². The molecule has 1 aromatic carbocycles. The minimum atomic E-state index is 0.208. The standard InChI is InChI=1S/C22H24N6OS/c1-15(16-7-9-18(10-8-16)28-14-23-13-24-28)27(2)12-21-25-26-22(29-21)20-11-17-5-3-4-6-19(17)30-20/h7-11,13-15H,3-6,12H2,1-2H3. The first-order valence-electron chi connectivity index (χ1n) is 10.3. The van der Waals surface area contributed by atoms with E-state index in [1.54, 1.807) is 22.3 Å². The zero-order valence-corrected chi connectivity index (χ0v) is 18.0. The van der Waals surface area contributed by atoms with Gasteiger partial charge in [0.05, 0.1) is 17.1 Å². The molecule has 30 heavy (non-hydrogen) atoms. The Balaban J connectivity index is 1.26. The van der Waals surface area contributed by atoms with Gasteiger partial charge in [-0.25, -0.2) is 9.67 Å². The molecule has 0 N–H and O–H groups in total. The first-order chi connectivity index (χ1) is 14.7. The van der Waals surface area contributed by atoms with E-state index in [1.807, 2.05) is 0 Å². The van der Waals surface area contributed by atoms with Crippen molar-refractivity contribution in [3.63, 3.8) is 0 Å². The molecule has 8 heteroatoms. The Morgan fingerprint density at radius 2 is 2.00 bits per heavy atom. The summed E-state index contributed by atoms with van der Waals surface area (Å²) in [5.74, 6) is 1.28. The second-order valence-corrected chi connectivity index (χ2v) is 8.93. The molecular formula is C22H24N6OS. The van der Waals surface area contributed by atoms with Crippen LogP contribution >= 0.6 is 11.3 Å². The van der Waals surface area contributed by atoms with Crippen molar-refractivity contribution in [3.05, 3.63) is 64.9 Å². The van der Waals surface area contributed by atoms with Gasteiger partial charge in [0.15, 0.2) is 0 Å². The normalized spacial score (nSPS) is 14.8. The van der Waals surface area contributed by atoms with Crippen LogP contribution in [0.25, 0.3) is 16.5 Å². The Labute approximate surface area is 179 Å². The Bertz CT molecular complexity index is 1090. The molecule has 1 atom stereocenters. The summed E-state index contributed by atoms with van der Waals surface area (Å²) in [5.41, 5.74) is 3.67. The number of hydrogen-bond acceptors (Lipinski definition) is 7. The van der Waals surface area contributed by atoms with Gasteiger partial charge in [0, 0.05) is 10.9 Å². The number of benzene rings is 1. The summed E-state index contributed by atoms with van der Waals surface area (Å²) in [4.78, 5) is 8.78. The van der Waals surface area contributed by atoms with Crippen molar-refractivity contribution < 1.29 is 4.42 Å². The van der Waals surface area contributed by atoms with E-state index < -0.39 is 0 Å². The van der Waals surface area contributed by atoms with Crippen LogP contribution in [0.2, 0.25) is 0 Å². The van der Waals surface area contributed by atoms with Crippen molar-refractivity contribution in [2.45, 2.75) is 45.2 Å². The molecule has 0 amide bonds. The summed E-state index contributed by atoms with van der Waals surface area (Å²) in [6.45, 7) is 2.78. The van der Waals surface area contributed by atoms with E-state index in [0.29, 0.717) is 18.3 Å². The fourth-order valence-electron chi connectivity index (χ4n) is 3.87. The molecule has 3 aromatic heterocycles. The van der Waals surface area contributed by atoms with Crippen molar-refractivity contribution in [1.82, 2.24) is 29.9 Å². The zero-order chi connectivity index (χ0) is 20.5. The van der Waals surface area contributed by atoms with E-state index in [4.69, 9.17) is 4.42 Å². The average Bonchev–Trinajstić information content (AvgIpc) is 3.53. The Hall–Kier alpha value is -2.84. The quantitative estimate of drug-likeness (QED) is 0.459. The van der Waals surface area contributed by atoms with Crippen LogP contribution in [0.1, 0.15) is 47.7 Å². The zero-order valence-electron chi connectivity index (χ0n) is 17.2. The van der Waals surface area contributed by atoms with E-state index in [9.17, 15) is 0 Å². The van der Waals surface area contributed by atoms with Crippen LogP contribution in [0, 0.1) is 0 Å². The molecular weight excluding hydrogens is 396 g/mol. The Morgan fingerprint density at radius 3 is 2.77 bits per heavy atom. The SMILES string of the molecule is CC(c1ccc(-n2cncn2)cc1)N(C)Cc1nnc(-c2cc3c(s2)CCCC3)o1. The van der Waals surface area contributed by atoms with Crippen molar-refractivity contribution in [3.8, 4) is 16.5 Å². The molecule has 5 rings (SSSR count). The summed E-state index contributed by atoms with van der Waals surface area (Å²) in [5, 5.41) is 12.8. The molecule has 154 valence electrons. The Kier molecular flexibility index (Phi) is 5.18. The highest BCUT2D eigenvalue weighted by Gasteiger charge is 2.19. The maximum atomic E-state index is 6.00. The molecule has 0 saturated heterocycles. The van der Waals surface area contributed by atoms with E-state index in [2.05, 4.69) is 69.5 Å². The fraction of sp³-hybridized carbons (Fsp3) is 0.364. The highest BCUT2D eigenvalue weighted by molar-refractivity contribution is 7.15. The molecule has 1 aliphatic carbocycles. The highest BCUT2D eigenvalue weighted by Crippen LogP contribution is 2.35. The molecule has 0 radical (unpaired) electrons. The molecule has 7 nitrogen and oxygen atoms in total. The van der Waals surface area contributed by atoms with Crippen molar-refractivity contribution in [1.29, 1.82) is 0 Å². The first kappa shape index (κ1) is 19.1. The summed E-state index contributed by atoms with van der Waals surface area (Å²) in [7, 11) is 2.07. The van der Waals surface area contributed by atoms with E-state index in [1.165, 1.54) is 48.0 Å². The average molecular weight is 421 g/mol. The van der Waals surface area contributed by atoms with Gasteiger partial charge in [-0.1, -0.05) is 12.1 Å². The molecule has 1 unspecified atom stereocenters. The van der Waals surface area contributed by atoms with Gasteiger partial charge < -0.3 is 4.42 Å². The molecule has 0 bridgehead atoms. The molecule has 0 fully saturated rings.